The van der Waals surface area contributed by atoms with Crippen molar-refractivity contribution in [3.63, 3.8) is 0 Å². The van der Waals surface area contributed by atoms with Crippen LogP contribution >= 0.6 is 0 Å². The molecule has 1 aliphatic heterocycles. The van der Waals surface area contributed by atoms with Crippen LogP contribution in [0.2, 0.25) is 0 Å². The number of hydrogen-bond donors (Lipinski definition) is 1. The lowest BCUT2D eigenvalue weighted by Gasteiger charge is -2.24. The molecule has 8 nitrogen and oxygen atoms in total. The number of amides is 1. The molecule has 0 fully saturated rings. The number of carbonyl (C=O) groups is 1. The zero-order valence-corrected chi connectivity index (χ0v) is 13.3. The van der Waals surface area contributed by atoms with Crippen molar-refractivity contribution in [3.8, 4) is 5.69 Å². The Morgan fingerprint density at radius 1 is 1.21 bits per heavy atom. The van der Waals surface area contributed by atoms with Gasteiger partial charge in [0.15, 0.2) is 5.69 Å². The third-order valence-electron chi connectivity index (χ3n) is 4.21. The first-order valence-electron chi connectivity index (χ1n) is 7.88. The fraction of sp³-hybridized carbons (Fsp3) is 0.312. The summed E-state index contributed by atoms with van der Waals surface area (Å²) in [4.78, 5) is 12.4. The van der Waals surface area contributed by atoms with Gasteiger partial charge in [-0.3, -0.25) is 4.79 Å². The van der Waals surface area contributed by atoms with Crippen molar-refractivity contribution < 1.29 is 4.79 Å². The van der Waals surface area contributed by atoms with E-state index in [1.807, 2.05) is 37.3 Å². The van der Waals surface area contributed by atoms with Gasteiger partial charge in [-0.05, 0) is 25.5 Å². The molecule has 3 aromatic rings. The Morgan fingerprint density at radius 2 is 2.04 bits per heavy atom. The second-order valence-corrected chi connectivity index (χ2v) is 5.87. The third kappa shape index (κ3) is 2.66. The van der Waals surface area contributed by atoms with Gasteiger partial charge in [0.05, 0.1) is 11.9 Å². The highest BCUT2D eigenvalue weighted by Gasteiger charge is 2.24. The van der Waals surface area contributed by atoms with Crippen LogP contribution < -0.4 is 5.32 Å². The molecule has 2 aromatic heterocycles. The van der Waals surface area contributed by atoms with Gasteiger partial charge in [-0.15, -0.1) is 15.3 Å². The number of benzene rings is 1. The summed E-state index contributed by atoms with van der Waals surface area (Å²) in [5, 5.41) is 19.3. The molecule has 122 valence electrons. The Hall–Kier alpha value is -3.03. The number of carbonyl (C=O) groups excluding carboxylic acids is 1. The number of nitrogens with zero attached hydrogens (tertiary/aromatic N) is 6. The maximum absolute atomic E-state index is 12.4. The van der Waals surface area contributed by atoms with E-state index >= 15 is 0 Å². The Morgan fingerprint density at radius 3 is 2.88 bits per heavy atom. The van der Waals surface area contributed by atoms with E-state index in [1.54, 1.807) is 10.9 Å². The summed E-state index contributed by atoms with van der Waals surface area (Å²) >= 11 is 0. The standard InChI is InChI=1S/C16H17N7O/c1-11-18-20-15-8-7-12(9-22(11)15)17-16(24)14-10-23(21-19-14)13-5-3-2-4-6-13/h2-6,10,12H,7-9H2,1H3,(H,17,24)/t12-/m1/s1. The summed E-state index contributed by atoms with van der Waals surface area (Å²) in [6, 6.07) is 9.62. The smallest absolute Gasteiger partial charge is 0.273 e. The molecular weight excluding hydrogens is 306 g/mol. The normalized spacial score (nSPS) is 16.6. The minimum atomic E-state index is -0.212. The number of hydrogen-bond acceptors (Lipinski definition) is 5. The molecule has 8 heteroatoms. The molecule has 1 aromatic carbocycles. The van der Waals surface area contributed by atoms with Crippen molar-refractivity contribution in [1.82, 2.24) is 35.1 Å². The highest BCUT2D eigenvalue weighted by atomic mass is 16.2. The molecular formula is C16H17N7O. The number of aryl methyl sites for hydroxylation is 2. The minimum Gasteiger partial charge on any atom is -0.346 e. The van der Waals surface area contributed by atoms with Gasteiger partial charge in [0.1, 0.15) is 11.6 Å². The molecule has 24 heavy (non-hydrogen) atoms. The van der Waals surface area contributed by atoms with Crippen LogP contribution in [0.5, 0.6) is 0 Å². The number of nitrogens with one attached hydrogen (secondary N) is 1. The summed E-state index contributed by atoms with van der Waals surface area (Å²) in [6.07, 6.45) is 3.29. The molecule has 0 bridgehead atoms. The molecule has 0 aliphatic carbocycles. The molecule has 1 N–H and O–H groups in total. The number of para-hydroxylation sites is 1. The van der Waals surface area contributed by atoms with Gasteiger partial charge >= 0.3 is 0 Å². The largest absolute Gasteiger partial charge is 0.346 e. The van der Waals surface area contributed by atoms with Gasteiger partial charge in [-0.25, -0.2) is 4.68 Å². The lowest BCUT2D eigenvalue weighted by atomic mass is 10.1. The first kappa shape index (κ1) is 14.6. The first-order chi connectivity index (χ1) is 11.7. The maximum atomic E-state index is 12.4. The predicted molar refractivity (Wildman–Crippen MR) is 85.7 cm³/mol. The molecule has 4 rings (SSSR count). The van der Waals surface area contributed by atoms with E-state index in [1.165, 1.54) is 0 Å². The third-order valence-corrected chi connectivity index (χ3v) is 4.21. The van der Waals surface area contributed by atoms with Gasteiger partial charge in [0.2, 0.25) is 0 Å². The van der Waals surface area contributed by atoms with Crippen LogP contribution in [-0.4, -0.2) is 41.7 Å². The molecule has 0 saturated heterocycles. The predicted octanol–water partition coefficient (Wildman–Crippen LogP) is 0.912. The Balaban J connectivity index is 1.46. The highest BCUT2D eigenvalue weighted by molar-refractivity contribution is 5.92. The van der Waals surface area contributed by atoms with Gasteiger partial charge in [0, 0.05) is 19.0 Å². The molecule has 0 spiro atoms. The van der Waals surface area contributed by atoms with Crippen LogP contribution in [0.25, 0.3) is 5.69 Å². The lowest BCUT2D eigenvalue weighted by molar-refractivity contribution is 0.0922. The monoisotopic (exact) mass is 323 g/mol. The molecule has 3 heterocycles. The molecule has 1 aliphatic rings. The molecule has 0 saturated carbocycles. The lowest BCUT2D eigenvalue weighted by Crippen LogP contribution is -2.41. The quantitative estimate of drug-likeness (QED) is 0.774. The van der Waals surface area contributed by atoms with Crippen LogP contribution in [0, 0.1) is 6.92 Å². The summed E-state index contributed by atoms with van der Waals surface area (Å²) < 4.78 is 3.65. The first-order valence-corrected chi connectivity index (χ1v) is 7.88. The van der Waals surface area contributed by atoms with E-state index in [0.29, 0.717) is 12.2 Å². The fourth-order valence-corrected chi connectivity index (χ4v) is 2.91. The van der Waals surface area contributed by atoms with E-state index in [-0.39, 0.29) is 11.9 Å². The summed E-state index contributed by atoms with van der Waals surface area (Å²) in [7, 11) is 0. The molecule has 0 radical (unpaired) electrons. The minimum absolute atomic E-state index is 0.0431. The molecule has 1 atom stereocenters. The van der Waals surface area contributed by atoms with Crippen molar-refractivity contribution in [1.29, 1.82) is 0 Å². The molecule has 0 unspecified atom stereocenters. The number of aromatic nitrogens is 6. The molecule has 1 amide bonds. The topological polar surface area (TPSA) is 90.5 Å². The second-order valence-electron chi connectivity index (χ2n) is 5.87. The van der Waals surface area contributed by atoms with Crippen LogP contribution in [0.3, 0.4) is 0 Å². The summed E-state index contributed by atoms with van der Waals surface area (Å²) in [6.45, 7) is 2.61. The Kier molecular flexibility index (Phi) is 3.56. The average Bonchev–Trinajstić information content (AvgIpc) is 3.24. The highest BCUT2D eigenvalue weighted by Crippen LogP contribution is 2.15. The van der Waals surface area contributed by atoms with Crippen LogP contribution in [0.15, 0.2) is 36.5 Å². The fourth-order valence-electron chi connectivity index (χ4n) is 2.91. The van der Waals surface area contributed by atoms with Crippen LogP contribution in [0.4, 0.5) is 0 Å². The average molecular weight is 323 g/mol. The van der Waals surface area contributed by atoms with Gasteiger partial charge in [-0.1, -0.05) is 23.4 Å². The summed E-state index contributed by atoms with van der Waals surface area (Å²) in [5.41, 5.74) is 1.18. The number of rotatable bonds is 3. The van der Waals surface area contributed by atoms with E-state index < -0.39 is 0 Å². The van der Waals surface area contributed by atoms with Crippen molar-refractivity contribution in [2.45, 2.75) is 32.4 Å². The van der Waals surface area contributed by atoms with E-state index in [4.69, 9.17) is 0 Å². The van der Waals surface area contributed by atoms with E-state index in [9.17, 15) is 4.79 Å². The van der Waals surface area contributed by atoms with Crippen molar-refractivity contribution in [3.05, 3.63) is 53.9 Å². The summed E-state index contributed by atoms with van der Waals surface area (Å²) in [5.74, 6) is 1.64. The van der Waals surface area contributed by atoms with Gasteiger partial charge in [0.25, 0.3) is 5.91 Å². The Labute approximate surface area is 138 Å². The maximum Gasteiger partial charge on any atom is 0.273 e. The SMILES string of the molecule is Cc1nnc2n1C[C@H](NC(=O)c1cn(-c3ccccc3)nn1)CC2. The van der Waals surface area contributed by atoms with Gasteiger partial charge < -0.3 is 9.88 Å². The zero-order valence-electron chi connectivity index (χ0n) is 13.3. The van der Waals surface area contributed by atoms with Crippen LogP contribution in [0.1, 0.15) is 28.6 Å². The van der Waals surface area contributed by atoms with Crippen molar-refractivity contribution >= 4 is 5.91 Å². The van der Waals surface area contributed by atoms with E-state index in [2.05, 4.69) is 30.4 Å². The van der Waals surface area contributed by atoms with Crippen LogP contribution in [-0.2, 0) is 13.0 Å². The van der Waals surface area contributed by atoms with Crippen molar-refractivity contribution in [2.75, 3.05) is 0 Å². The van der Waals surface area contributed by atoms with Crippen molar-refractivity contribution in [2.24, 2.45) is 0 Å². The second kappa shape index (κ2) is 5.88. The number of fused-ring (bicyclic) bond motifs is 1. The Bertz CT molecular complexity index is 868. The van der Waals surface area contributed by atoms with Gasteiger partial charge in [-0.2, -0.15) is 0 Å². The van der Waals surface area contributed by atoms with E-state index in [0.717, 1.165) is 30.2 Å². The zero-order chi connectivity index (χ0) is 16.5.